The third kappa shape index (κ3) is 1.57. The maximum Gasteiger partial charge on any atom is 0.115 e. The Balaban J connectivity index is 2.45. The quantitative estimate of drug-likeness (QED) is 0.682. The predicted octanol–water partition coefficient (Wildman–Crippen LogP) is 3.94. The molecule has 0 radical (unpaired) electrons. The number of nitrogens with zero attached hydrogens (tertiary/aromatic N) is 3. The molecule has 1 aromatic carbocycles. The minimum atomic E-state index is 0.723. The molecule has 0 saturated heterocycles. The summed E-state index contributed by atoms with van der Waals surface area (Å²) in [5.41, 5.74) is 1.91. The Kier molecular flexibility index (Phi) is 2.69. The Morgan fingerprint density at radius 2 is 2.17 bits per heavy atom. The van der Waals surface area contributed by atoms with E-state index in [-0.39, 0.29) is 0 Å². The van der Waals surface area contributed by atoms with Crippen LogP contribution in [0.15, 0.2) is 34.9 Å². The summed E-state index contributed by atoms with van der Waals surface area (Å²) in [5.74, 6) is 0. The van der Waals surface area contributed by atoms with Crippen LogP contribution in [0.3, 0.4) is 0 Å². The number of aromatic nitrogens is 2. The number of benzene rings is 1. The summed E-state index contributed by atoms with van der Waals surface area (Å²) >= 11 is 5.02. The average Bonchev–Trinajstić information content (AvgIpc) is 2.90. The summed E-state index contributed by atoms with van der Waals surface area (Å²) in [7, 11) is 1.88. The SMILES string of the molecule is Cn1ncc(Br)c1-c1c(C#N)sc2ccccc12. The van der Waals surface area contributed by atoms with Crippen molar-refractivity contribution < 1.29 is 0 Å². The molecule has 0 aliphatic heterocycles. The van der Waals surface area contributed by atoms with Gasteiger partial charge in [0.05, 0.1) is 16.4 Å². The molecule has 0 N–H and O–H groups in total. The zero-order valence-electron chi connectivity index (χ0n) is 9.51. The van der Waals surface area contributed by atoms with E-state index in [1.54, 1.807) is 10.9 Å². The van der Waals surface area contributed by atoms with Gasteiger partial charge in [0.2, 0.25) is 0 Å². The summed E-state index contributed by atoms with van der Waals surface area (Å²) in [6.07, 6.45) is 1.75. The second-order valence-corrected chi connectivity index (χ2v) is 5.79. The first kappa shape index (κ1) is 11.5. The molecule has 0 saturated carbocycles. The van der Waals surface area contributed by atoms with E-state index < -0.39 is 0 Å². The van der Waals surface area contributed by atoms with Gasteiger partial charge in [-0.25, -0.2) is 0 Å². The van der Waals surface area contributed by atoms with E-state index in [2.05, 4.69) is 27.1 Å². The molecule has 3 rings (SSSR count). The van der Waals surface area contributed by atoms with Crippen LogP contribution in [0.4, 0.5) is 0 Å². The molecular formula is C13H8BrN3S. The highest BCUT2D eigenvalue weighted by atomic mass is 79.9. The first-order valence-electron chi connectivity index (χ1n) is 5.32. The van der Waals surface area contributed by atoms with Crippen molar-refractivity contribution in [3.63, 3.8) is 0 Å². The molecule has 88 valence electrons. The number of fused-ring (bicyclic) bond motifs is 1. The van der Waals surface area contributed by atoms with Crippen molar-refractivity contribution in [1.29, 1.82) is 5.26 Å². The van der Waals surface area contributed by atoms with Crippen molar-refractivity contribution in [2.45, 2.75) is 0 Å². The Labute approximate surface area is 116 Å². The Morgan fingerprint density at radius 1 is 1.39 bits per heavy atom. The van der Waals surface area contributed by atoms with Crippen LogP contribution in [0.5, 0.6) is 0 Å². The summed E-state index contributed by atoms with van der Waals surface area (Å²) in [6.45, 7) is 0. The van der Waals surface area contributed by atoms with E-state index in [1.807, 2.05) is 31.3 Å². The molecule has 2 aromatic heterocycles. The monoisotopic (exact) mass is 317 g/mol. The second-order valence-electron chi connectivity index (χ2n) is 3.88. The van der Waals surface area contributed by atoms with Gasteiger partial charge < -0.3 is 0 Å². The van der Waals surface area contributed by atoms with Crippen LogP contribution in [0.1, 0.15) is 4.88 Å². The van der Waals surface area contributed by atoms with Gasteiger partial charge in [-0.2, -0.15) is 10.4 Å². The van der Waals surface area contributed by atoms with Gasteiger partial charge in [0.1, 0.15) is 10.9 Å². The zero-order chi connectivity index (χ0) is 12.7. The summed E-state index contributed by atoms with van der Waals surface area (Å²) in [5, 5.41) is 14.6. The molecule has 5 heteroatoms. The fraction of sp³-hybridized carbons (Fsp3) is 0.0769. The largest absolute Gasteiger partial charge is 0.267 e. The molecule has 0 bridgehead atoms. The van der Waals surface area contributed by atoms with E-state index in [4.69, 9.17) is 0 Å². The van der Waals surface area contributed by atoms with Gasteiger partial charge in [-0.1, -0.05) is 18.2 Å². The van der Waals surface area contributed by atoms with Crippen LogP contribution in [0, 0.1) is 11.3 Å². The topological polar surface area (TPSA) is 41.6 Å². The molecule has 2 heterocycles. The van der Waals surface area contributed by atoms with Crippen molar-refractivity contribution in [2.75, 3.05) is 0 Å². The van der Waals surface area contributed by atoms with Gasteiger partial charge in [0, 0.05) is 22.7 Å². The van der Waals surface area contributed by atoms with E-state index in [0.717, 1.165) is 30.7 Å². The first-order chi connectivity index (χ1) is 8.72. The number of aryl methyl sites for hydroxylation is 1. The van der Waals surface area contributed by atoms with Crippen LogP contribution in [-0.2, 0) is 7.05 Å². The standard InChI is InChI=1S/C13H8BrN3S/c1-17-13(9(14)7-16-17)12-8-4-2-3-5-10(8)18-11(12)6-15/h2-5,7H,1H3. The molecule has 0 fully saturated rings. The molecule has 18 heavy (non-hydrogen) atoms. The van der Waals surface area contributed by atoms with Gasteiger partial charge in [0.15, 0.2) is 0 Å². The lowest BCUT2D eigenvalue weighted by molar-refractivity contribution is 0.776. The number of nitriles is 1. The lowest BCUT2D eigenvalue weighted by Gasteiger charge is -2.02. The molecule has 0 atom stereocenters. The summed E-state index contributed by atoms with van der Waals surface area (Å²) in [4.78, 5) is 0.723. The molecule has 0 amide bonds. The Morgan fingerprint density at radius 3 is 2.83 bits per heavy atom. The van der Waals surface area contributed by atoms with Crippen LogP contribution in [0.2, 0.25) is 0 Å². The first-order valence-corrected chi connectivity index (χ1v) is 6.93. The van der Waals surface area contributed by atoms with Gasteiger partial charge in [0.25, 0.3) is 0 Å². The van der Waals surface area contributed by atoms with Crippen LogP contribution in [0.25, 0.3) is 21.3 Å². The average molecular weight is 318 g/mol. The van der Waals surface area contributed by atoms with Crippen LogP contribution in [-0.4, -0.2) is 9.78 Å². The summed E-state index contributed by atoms with van der Waals surface area (Å²) in [6, 6.07) is 10.3. The predicted molar refractivity (Wildman–Crippen MR) is 76.4 cm³/mol. The molecule has 0 aliphatic carbocycles. The maximum absolute atomic E-state index is 9.32. The Hall–Kier alpha value is -1.64. The maximum atomic E-state index is 9.32. The van der Waals surface area contributed by atoms with E-state index in [1.165, 1.54) is 11.3 Å². The number of thiophene rings is 1. The molecule has 0 spiro atoms. The van der Waals surface area contributed by atoms with Crippen molar-refractivity contribution in [2.24, 2.45) is 7.05 Å². The van der Waals surface area contributed by atoms with Crippen molar-refractivity contribution in [3.8, 4) is 17.3 Å². The van der Waals surface area contributed by atoms with Crippen molar-refractivity contribution in [1.82, 2.24) is 9.78 Å². The normalized spacial score (nSPS) is 10.7. The molecule has 3 aromatic rings. The molecule has 3 nitrogen and oxygen atoms in total. The van der Waals surface area contributed by atoms with Crippen LogP contribution >= 0.6 is 27.3 Å². The smallest absolute Gasteiger partial charge is 0.115 e. The Bertz CT molecular complexity index is 760. The van der Waals surface area contributed by atoms with Gasteiger partial charge in [-0.05, 0) is 22.0 Å². The lowest BCUT2D eigenvalue weighted by Crippen LogP contribution is -1.94. The summed E-state index contributed by atoms with van der Waals surface area (Å²) < 4.78 is 3.82. The molecule has 0 aliphatic rings. The number of hydrogen-bond donors (Lipinski definition) is 0. The minimum absolute atomic E-state index is 0.723. The van der Waals surface area contributed by atoms with Gasteiger partial charge >= 0.3 is 0 Å². The molecular weight excluding hydrogens is 310 g/mol. The fourth-order valence-electron chi connectivity index (χ4n) is 2.05. The number of rotatable bonds is 1. The van der Waals surface area contributed by atoms with Crippen LogP contribution < -0.4 is 0 Å². The fourth-order valence-corrected chi connectivity index (χ4v) is 3.60. The highest BCUT2D eigenvalue weighted by Gasteiger charge is 2.18. The lowest BCUT2D eigenvalue weighted by atomic mass is 10.1. The third-order valence-corrected chi connectivity index (χ3v) is 4.48. The number of hydrogen-bond acceptors (Lipinski definition) is 3. The van der Waals surface area contributed by atoms with E-state index in [9.17, 15) is 5.26 Å². The van der Waals surface area contributed by atoms with E-state index >= 15 is 0 Å². The number of halogens is 1. The van der Waals surface area contributed by atoms with Crippen molar-refractivity contribution >= 4 is 37.4 Å². The second kappa shape index (κ2) is 4.23. The highest BCUT2D eigenvalue weighted by Crippen LogP contribution is 2.40. The highest BCUT2D eigenvalue weighted by molar-refractivity contribution is 9.10. The van der Waals surface area contributed by atoms with Crippen molar-refractivity contribution in [3.05, 3.63) is 39.8 Å². The van der Waals surface area contributed by atoms with E-state index in [0.29, 0.717) is 0 Å². The minimum Gasteiger partial charge on any atom is -0.267 e. The zero-order valence-corrected chi connectivity index (χ0v) is 11.9. The third-order valence-electron chi connectivity index (χ3n) is 2.83. The van der Waals surface area contributed by atoms with Gasteiger partial charge in [-0.15, -0.1) is 11.3 Å². The van der Waals surface area contributed by atoms with Gasteiger partial charge in [-0.3, -0.25) is 4.68 Å². The molecule has 0 unspecified atom stereocenters.